The zero-order valence-corrected chi connectivity index (χ0v) is 12.1. The Morgan fingerprint density at radius 2 is 1.70 bits per heavy atom. The highest BCUT2D eigenvalue weighted by Crippen LogP contribution is 2.37. The average molecular weight is 326 g/mol. The summed E-state index contributed by atoms with van der Waals surface area (Å²) in [6.07, 6.45) is 2.93. The van der Waals surface area contributed by atoms with Gasteiger partial charge in [0.25, 0.3) is 0 Å². The van der Waals surface area contributed by atoms with Crippen LogP contribution in [0.1, 0.15) is 25.7 Å². The van der Waals surface area contributed by atoms with E-state index in [0.717, 1.165) is 25.7 Å². The third-order valence-electron chi connectivity index (χ3n) is 3.27. The summed E-state index contributed by atoms with van der Waals surface area (Å²) in [5.74, 6) is -0.215. The second kappa shape index (κ2) is 6.78. The van der Waals surface area contributed by atoms with Gasteiger partial charge >= 0.3 is 6.61 Å². The van der Waals surface area contributed by atoms with Crippen molar-refractivity contribution in [2.24, 2.45) is 0 Å². The van der Waals surface area contributed by atoms with Gasteiger partial charge in [0.1, 0.15) is 0 Å². The number of halogens is 4. The van der Waals surface area contributed by atoms with Crippen molar-refractivity contribution in [2.45, 2.75) is 44.4 Å². The molecule has 1 fully saturated rings. The van der Waals surface area contributed by atoms with E-state index in [1.54, 1.807) is 0 Å². The van der Waals surface area contributed by atoms with Gasteiger partial charge in [-0.05, 0) is 37.8 Å². The van der Waals surface area contributed by atoms with Crippen LogP contribution in [0.2, 0.25) is 10.0 Å². The third kappa shape index (κ3) is 4.11. The van der Waals surface area contributed by atoms with Gasteiger partial charge in [0.15, 0.2) is 5.75 Å². The molecule has 112 valence electrons. The maximum atomic E-state index is 12.2. The van der Waals surface area contributed by atoms with Gasteiger partial charge in [-0.1, -0.05) is 23.2 Å². The predicted molar refractivity (Wildman–Crippen MR) is 75.0 cm³/mol. The lowest BCUT2D eigenvalue weighted by atomic mass is 9.93. The van der Waals surface area contributed by atoms with Crippen LogP contribution in [-0.4, -0.2) is 23.9 Å². The molecule has 0 aromatic heterocycles. The Kier molecular flexibility index (Phi) is 5.29. The van der Waals surface area contributed by atoms with Crippen LogP contribution in [0.15, 0.2) is 12.1 Å². The number of aliphatic hydroxyl groups is 1. The molecule has 7 heteroatoms. The van der Waals surface area contributed by atoms with Gasteiger partial charge in [-0.15, -0.1) is 0 Å². The van der Waals surface area contributed by atoms with Gasteiger partial charge in [0.05, 0.1) is 16.1 Å². The highest BCUT2D eigenvalue weighted by atomic mass is 35.5. The van der Waals surface area contributed by atoms with Gasteiger partial charge in [0, 0.05) is 11.7 Å². The van der Waals surface area contributed by atoms with Crippen LogP contribution in [0.4, 0.5) is 14.5 Å². The lowest BCUT2D eigenvalue weighted by Gasteiger charge is -2.27. The van der Waals surface area contributed by atoms with Crippen LogP contribution in [-0.2, 0) is 0 Å². The summed E-state index contributed by atoms with van der Waals surface area (Å²) in [6.45, 7) is -2.97. The minimum absolute atomic E-state index is 0.0381. The average Bonchev–Trinajstić information content (AvgIpc) is 2.36. The van der Waals surface area contributed by atoms with E-state index in [9.17, 15) is 13.9 Å². The Bertz CT molecular complexity index is 443. The first-order valence-electron chi connectivity index (χ1n) is 6.34. The molecular formula is C13H15Cl2F2NO2. The fourth-order valence-electron chi connectivity index (χ4n) is 2.30. The molecule has 3 nitrogen and oxygen atoms in total. The van der Waals surface area contributed by atoms with Crippen molar-refractivity contribution < 1.29 is 18.6 Å². The molecule has 0 aliphatic heterocycles. The standard InChI is InChI=1S/C13H15Cl2F2NO2/c14-10-5-8(6-11(15)12(10)20-13(16)17)18-7-1-3-9(19)4-2-7/h5-7,9,13,18-19H,1-4H2. The molecule has 0 heterocycles. The molecule has 0 saturated heterocycles. The lowest BCUT2D eigenvalue weighted by molar-refractivity contribution is -0.0497. The highest BCUT2D eigenvalue weighted by Gasteiger charge is 2.20. The Morgan fingerprint density at radius 1 is 1.15 bits per heavy atom. The Labute approximate surface area is 125 Å². The largest absolute Gasteiger partial charge is 0.432 e. The summed E-state index contributed by atoms with van der Waals surface area (Å²) in [4.78, 5) is 0. The van der Waals surface area contributed by atoms with E-state index in [2.05, 4.69) is 10.1 Å². The molecule has 20 heavy (non-hydrogen) atoms. The molecule has 0 bridgehead atoms. The molecule has 2 N–H and O–H groups in total. The van der Waals surface area contributed by atoms with Gasteiger partial charge < -0.3 is 15.2 Å². The molecule has 1 saturated carbocycles. The second-order valence-corrected chi connectivity index (χ2v) is 5.61. The fraction of sp³-hybridized carbons (Fsp3) is 0.538. The summed E-state index contributed by atoms with van der Waals surface area (Å²) < 4.78 is 28.7. The summed E-state index contributed by atoms with van der Waals surface area (Å²) in [7, 11) is 0. The summed E-state index contributed by atoms with van der Waals surface area (Å²) in [5, 5.41) is 12.8. The molecule has 0 radical (unpaired) electrons. The number of hydrogen-bond acceptors (Lipinski definition) is 3. The summed E-state index contributed by atoms with van der Waals surface area (Å²) in [6, 6.07) is 3.24. The zero-order valence-electron chi connectivity index (χ0n) is 10.6. The van der Waals surface area contributed by atoms with E-state index in [4.69, 9.17) is 23.2 Å². The molecule has 0 spiro atoms. The lowest BCUT2D eigenvalue weighted by Crippen LogP contribution is -2.28. The van der Waals surface area contributed by atoms with Gasteiger partial charge in [-0.3, -0.25) is 0 Å². The monoisotopic (exact) mass is 325 g/mol. The minimum Gasteiger partial charge on any atom is -0.432 e. The highest BCUT2D eigenvalue weighted by molar-refractivity contribution is 6.37. The Balaban J connectivity index is 2.06. The number of alkyl halides is 2. The zero-order chi connectivity index (χ0) is 14.7. The van der Waals surface area contributed by atoms with E-state index in [1.807, 2.05) is 0 Å². The van der Waals surface area contributed by atoms with E-state index in [-0.39, 0.29) is 27.9 Å². The van der Waals surface area contributed by atoms with E-state index < -0.39 is 6.61 Å². The van der Waals surface area contributed by atoms with E-state index >= 15 is 0 Å². The van der Waals surface area contributed by atoms with Crippen molar-refractivity contribution in [2.75, 3.05) is 5.32 Å². The number of ether oxygens (including phenoxy) is 1. The first-order chi connectivity index (χ1) is 9.45. The first kappa shape index (κ1) is 15.6. The normalized spacial score (nSPS) is 22.9. The fourth-order valence-corrected chi connectivity index (χ4v) is 2.88. The van der Waals surface area contributed by atoms with E-state index in [0.29, 0.717) is 5.69 Å². The van der Waals surface area contributed by atoms with Gasteiger partial charge in [-0.2, -0.15) is 8.78 Å². The minimum atomic E-state index is -2.97. The van der Waals surface area contributed by atoms with Crippen LogP contribution in [0.25, 0.3) is 0 Å². The molecule has 1 aliphatic rings. The maximum absolute atomic E-state index is 12.2. The van der Waals surface area contributed by atoms with Crippen molar-refractivity contribution in [3.05, 3.63) is 22.2 Å². The molecule has 0 atom stereocenters. The SMILES string of the molecule is OC1CCC(Nc2cc(Cl)c(OC(F)F)c(Cl)c2)CC1. The Hall–Kier alpha value is -0.780. The van der Waals surface area contributed by atoms with Crippen LogP contribution in [0.5, 0.6) is 5.75 Å². The van der Waals surface area contributed by atoms with Crippen molar-refractivity contribution >= 4 is 28.9 Å². The third-order valence-corrected chi connectivity index (χ3v) is 3.83. The van der Waals surface area contributed by atoms with Crippen molar-refractivity contribution in [1.29, 1.82) is 0 Å². The molecule has 1 aliphatic carbocycles. The number of anilines is 1. The van der Waals surface area contributed by atoms with Gasteiger partial charge in [-0.25, -0.2) is 0 Å². The number of benzene rings is 1. The number of hydrogen-bond donors (Lipinski definition) is 2. The van der Waals surface area contributed by atoms with Crippen molar-refractivity contribution in [3.8, 4) is 5.75 Å². The van der Waals surface area contributed by atoms with Crippen LogP contribution >= 0.6 is 23.2 Å². The topological polar surface area (TPSA) is 41.5 Å². The summed E-state index contributed by atoms with van der Waals surface area (Å²) >= 11 is 11.8. The maximum Gasteiger partial charge on any atom is 0.387 e. The quantitative estimate of drug-likeness (QED) is 0.866. The number of nitrogens with one attached hydrogen (secondary N) is 1. The number of aliphatic hydroxyl groups excluding tert-OH is 1. The van der Waals surface area contributed by atoms with Gasteiger partial charge in [0.2, 0.25) is 0 Å². The van der Waals surface area contributed by atoms with Crippen LogP contribution in [0, 0.1) is 0 Å². The van der Waals surface area contributed by atoms with E-state index in [1.165, 1.54) is 12.1 Å². The molecule has 0 unspecified atom stereocenters. The molecule has 2 rings (SSSR count). The molecule has 1 aromatic carbocycles. The van der Waals surface area contributed by atoms with Crippen LogP contribution in [0.3, 0.4) is 0 Å². The predicted octanol–water partition coefficient (Wildman–Crippen LogP) is 4.31. The number of rotatable bonds is 4. The molecular weight excluding hydrogens is 311 g/mol. The van der Waals surface area contributed by atoms with Crippen LogP contribution < -0.4 is 10.1 Å². The second-order valence-electron chi connectivity index (χ2n) is 4.80. The molecule has 1 aromatic rings. The Morgan fingerprint density at radius 3 is 2.20 bits per heavy atom. The van der Waals surface area contributed by atoms with Crippen molar-refractivity contribution in [3.63, 3.8) is 0 Å². The smallest absolute Gasteiger partial charge is 0.387 e. The summed E-state index contributed by atoms with van der Waals surface area (Å²) in [5.41, 5.74) is 0.656. The first-order valence-corrected chi connectivity index (χ1v) is 7.09. The molecule has 0 amide bonds. The van der Waals surface area contributed by atoms with Crippen molar-refractivity contribution in [1.82, 2.24) is 0 Å².